The van der Waals surface area contributed by atoms with Gasteiger partial charge in [-0.3, -0.25) is 4.79 Å². The highest BCUT2D eigenvalue weighted by Gasteiger charge is 2.29. The predicted octanol–water partition coefficient (Wildman–Crippen LogP) is 2.96. The largest absolute Gasteiger partial charge is 0.465 e. The molecule has 1 saturated heterocycles. The maximum Gasteiger partial charge on any atom is 0.272 e. The van der Waals surface area contributed by atoms with Crippen LogP contribution in [0.5, 0.6) is 0 Å². The Bertz CT molecular complexity index is 963. The smallest absolute Gasteiger partial charge is 0.272 e. The first-order valence-corrected chi connectivity index (χ1v) is 9.76. The molecule has 8 heteroatoms. The predicted molar refractivity (Wildman–Crippen MR) is 107 cm³/mol. The van der Waals surface area contributed by atoms with Crippen LogP contribution in [0.4, 0.5) is 0 Å². The first kappa shape index (κ1) is 19.1. The van der Waals surface area contributed by atoms with Gasteiger partial charge < -0.3 is 14.1 Å². The molecule has 0 N–H and O–H groups in total. The van der Waals surface area contributed by atoms with Crippen molar-refractivity contribution < 1.29 is 13.9 Å². The molecule has 29 heavy (non-hydrogen) atoms. The summed E-state index contributed by atoms with van der Waals surface area (Å²) in [6.07, 6.45) is 5.14. The number of carbonyl (C=O) groups is 1. The van der Waals surface area contributed by atoms with E-state index in [2.05, 4.69) is 15.5 Å². The third kappa shape index (κ3) is 4.27. The number of piperidine rings is 1. The van der Waals surface area contributed by atoms with Gasteiger partial charge in [0, 0.05) is 31.3 Å². The van der Waals surface area contributed by atoms with Crippen LogP contribution in [0.15, 0.2) is 53.1 Å². The standard InChI is InChI=1S/C21H23N5O3/c1-2-28-18-10-6-12-25(15-18)21(27)19(14-17-11-7-13-29-17)26-20(22-23-24-26)16-8-4-3-5-9-16/h3-5,7-9,11,13-14,18H,2,6,10,12,15H2,1H3. The van der Waals surface area contributed by atoms with Crippen molar-refractivity contribution in [3.05, 3.63) is 54.5 Å². The third-order valence-corrected chi connectivity index (χ3v) is 4.84. The monoisotopic (exact) mass is 393 g/mol. The highest BCUT2D eigenvalue weighted by molar-refractivity contribution is 6.18. The lowest BCUT2D eigenvalue weighted by atomic mass is 10.1. The van der Waals surface area contributed by atoms with E-state index in [1.165, 1.54) is 4.68 Å². The minimum absolute atomic E-state index is 0.0463. The lowest BCUT2D eigenvalue weighted by Crippen LogP contribution is -2.44. The van der Waals surface area contributed by atoms with Crippen molar-refractivity contribution in [3.63, 3.8) is 0 Å². The molecule has 1 amide bonds. The van der Waals surface area contributed by atoms with Gasteiger partial charge in [0.2, 0.25) is 0 Å². The van der Waals surface area contributed by atoms with Crippen LogP contribution < -0.4 is 0 Å². The van der Waals surface area contributed by atoms with Crippen molar-refractivity contribution in [2.75, 3.05) is 19.7 Å². The molecular formula is C21H23N5O3. The lowest BCUT2D eigenvalue weighted by molar-refractivity contribution is -0.129. The molecule has 4 rings (SSSR count). The average Bonchev–Trinajstić information content (AvgIpc) is 3.45. The molecule has 3 heterocycles. The molecule has 1 aliphatic rings. The fourth-order valence-corrected chi connectivity index (χ4v) is 3.49. The van der Waals surface area contributed by atoms with E-state index in [-0.39, 0.29) is 12.0 Å². The Labute approximate surface area is 168 Å². The van der Waals surface area contributed by atoms with Gasteiger partial charge in [0.05, 0.1) is 12.4 Å². The topological polar surface area (TPSA) is 86.3 Å². The number of carbonyl (C=O) groups excluding carboxylic acids is 1. The highest BCUT2D eigenvalue weighted by Crippen LogP contribution is 2.24. The molecule has 3 aromatic rings. The number of benzene rings is 1. The molecular weight excluding hydrogens is 370 g/mol. The van der Waals surface area contributed by atoms with Crippen molar-refractivity contribution in [2.24, 2.45) is 0 Å². The van der Waals surface area contributed by atoms with E-state index in [0.717, 1.165) is 18.4 Å². The Balaban J connectivity index is 1.71. The fourth-order valence-electron chi connectivity index (χ4n) is 3.49. The van der Waals surface area contributed by atoms with Crippen LogP contribution in [0.25, 0.3) is 23.2 Å². The van der Waals surface area contributed by atoms with Crippen molar-refractivity contribution in [2.45, 2.75) is 25.9 Å². The first-order valence-electron chi connectivity index (χ1n) is 9.76. The summed E-state index contributed by atoms with van der Waals surface area (Å²) in [5, 5.41) is 12.1. The number of amides is 1. The summed E-state index contributed by atoms with van der Waals surface area (Å²) in [6, 6.07) is 13.1. The van der Waals surface area contributed by atoms with Crippen molar-refractivity contribution in [1.29, 1.82) is 0 Å². The fraction of sp³-hybridized carbons (Fsp3) is 0.333. The second-order valence-electron chi connectivity index (χ2n) is 6.80. The number of furan rings is 1. The second-order valence-corrected chi connectivity index (χ2v) is 6.80. The molecule has 1 unspecified atom stereocenters. The maximum atomic E-state index is 13.5. The van der Waals surface area contributed by atoms with Gasteiger partial charge in [0.1, 0.15) is 11.5 Å². The summed E-state index contributed by atoms with van der Waals surface area (Å²) in [4.78, 5) is 15.3. The summed E-state index contributed by atoms with van der Waals surface area (Å²) in [5.41, 5.74) is 1.16. The van der Waals surface area contributed by atoms with Crippen LogP contribution in [-0.4, -0.2) is 56.8 Å². The van der Waals surface area contributed by atoms with E-state index in [1.54, 1.807) is 29.4 Å². The number of rotatable bonds is 6. The van der Waals surface area contributed by atoms with E-state index in [0.29, 0.717) is 37.0 Å². The van der Waals surface area contributed by atoms with Gasteiger partial charge in [0.25, 0.3) is 5.91 Å². The average molecular weight is 393 g/mol. The maximum absolute atomic E-state index is 13.5. The molecule has 2 aromatic heterocycles. The van der Waals surface area contributed by atoms with Gasteiger partial charge in [-0.05, 0) is 42.3 Å². The molecule has 0 aliphatic carbocycles. The number of nitrogens with zero attached hydrogens (tertiary/aromatic N) is 5. The lowest BCUT2D eigenvalue weighted by Gasteiger charge is -2.33. The highest BCUT2D eigenvalue weighted by atomic mass is 16.5. The summed E-state index contributed by atoms with van der Waals surface area (Å²) in [7, 11) is 0. The van der Waals surface area contributed by atoms with Crippen LogP contribution in [-0.2, 0) is 9.53 Å². The zero-order valence-electron chi connectivity index (χ0n) is 16.3. The van der Waals surface area contributed by atoms with Crippen LogP contribution in [0, 0.1) is 0 Å². The van der Waals surface area contributed by atoms with E-state index in [4.69, 9.17) is 9.15 Å². The van der Waals surface area contributed by atoms with Crippen LogP contribution in [0.3, 0.4) is 0 Å². The molecule has 150 valence electrons. The zero-order valence-corrected chi connectivity index (χ0v) is 16.3. The van der Waals surface area contributed by atoms with Crippen LogP contribution >= 0.6 is 0 Å². The summed E-state index contributed by atoms with van der Waals surface area (Å²) in [6.45, 7) is 3.81. The van der Waals surface area contributed by atoms with Crippen molar-refractivity contribution >= 4 is 17.7 Å². The van der Waals surface area contributed by atoms with Gasteiger partial charge in [-0.1, -0.05) is 30.3 Å². The molecule has 0 radical (unpaired) electrons. The van der Waals surface area contributed by atoms with Crippen LogP contribution in [0.1, 0.15) is 25.5 Å². The van der Waals surface area contributed by atoms with Crippen molar-refractivity contribution in [3.8, 4) is 11.4 Å². The number of likely N-dealkylation sites (tertiary alicyclic amines) is 1. The molecule has 8 nitrogen and oxygen atoms in total. The molecule has 0 saturated carbocycles. The number of hydrogen-bond acceptors (Lipinski definition) is 6. The SMILES string of the molecule is CCOC1CCCN(C(=O)C(=Cc2ccco2)n2nnnc2-c2ccccc2)C1. The van der Waals surface area contributed by atoms with E-state index < -0.39 is 0 Å². The van der Waals surface area contributed by atoms with E-state index in [1.807, 2.05) is 37.3 Å². The third-order valence-electron chi connectivity index (χ3n) is 4.84. The Hall–Kier alpha value is -3.26. The molecule has 1 aromatic carbocycles. The van der Waals surface area contributed by atoms with Gasteiger partial charge in [-0.15, -0.1) is 5.10 Å². The van der Waals surface area contributed by atoms with Gasteiger partial charge >= 0.3 is 0 Å². The number of aromatic nitrogens is 4. The van der Waals surface area contributed by atoms with E-state index >= 15 is 0 Å². The number of ether oxygens (including phenoxy) is 1. The summed E-state index contributed by atoms with van der Waals surface area (Å²) < 4.78 is 12.7. The Kier molecular flexibility index (Phi) is 5.81. The molecule has 1 fully saturated rings. The van der Waals surface area contributed by atoms with Crippen LogP contribution in [0.2, 0.25) is 0 Å². The Morgan fingerprint density at radius 3 is 2.90 bits per heavy atom. The van der Waals surface area contributed by atoms with Gasteiger partial charge in [0.15, 0.2) is 5.82 Å². The normalized spacial score (nSPS) is 17.5. The molecule has 1 atom stereocenters. The van der Waals surface area contributed by atoms with Gasteiger partial charge in [-0.25, -0.2) is 0 Å². The number of hydrogen-bond donors (Lipinski definition) is 0. The second kappa shape index (κ2) is 8.83. The minimum Gasteiger partial charge on any atom is -0.465 e. The zero-order chi connectivity index (χ0) is 20.1. The molecule has 0 spiro atoms. The Morgan fingerprint density at radius 1 is 1.28 bits per heavy atom. The Morgan fingerprint density at radius 2 is 2.14 bits per heavy atom. The number of tetrazole rings is 1. The van der Waals surface area contributed by atoms with Gasteiger partial charge in [-0.2, -0.15) is 4.68 Å². The summed E-state index contributed by atoms with van der Waals surface area (Å²) in [5.74, 6) is 0.895. The summed E-state index contributed by atoms with van der Waals surface area (Å²) >= 11 is 0. The molecule has 0 bridgehead atoms. The first-order chi connectivity index (χ1) is 14.3. The minimum atomic E-state index is -0.157. The van der Waals surface area contributed by atoms with Crippen molar-refractivity contribution in [1.82, 2.24) is 25.1 Å². The van der Waals surface area contributed by atoms with E-state index in [9.17, 15) is 4.79 Å². The molecule has 1 aliphatic heterocycles. The quantitative estimate of drug-likeness (QED) is 0.599.